The number of nitrogens with zero attached hydrogens (tertiary/aromatic N) is 4. The predicted molar refractivity (Wildman–Crippen MR) is 137 cm³/mol. The van der Waals surface area contributed by atoms with Gasteiger partial charge in [-0.15, -0.1) is 0 Å². The van der Waals surface area contributed by atoms with Crippen molar-refractivity contribution in [1.82, 2.24) is 19.7 Å². The summed E-state index contributed by atoms with van der Waals surface area (Å²) in [5, 5.41) is 16.7. The Labute approximate surface area is 220 Å². The number of amides is 2. The Morgan fingerprint density at radius 3 is 2.44 bits per heavy atom. The summed E-state index contributed by atoms with van der Waals surface area (Å²) in [7, 11) is 0. The number of hydrogen-bond acceptors (Lipinski definition) is 6. The van der Waals surface area contributed by atoms with Crippen LogP contribution in [0.4, 0.5) is 5.82 Å². The van der Waals surface area contributed by atoms with Gasteiger partial charge in [-0.25, -0.2) is 9.48 Å². The fourth-order valence-corrected chi connectivity index (χ4v) is 5.16. The average Bonchev–Trinajstić information content (AvgIpc) is 3.17. The number of carbonyl (C=O) groups is 3. The van der Waals surface area contributed by atoms with Crippen molar-refractivity contribution in [3.05, 3.63) is 75.1 Å². The molecule has 3 aromatic rings. The number of benzene rings is 1. The molecule has 4 N–H and O–H groups in total. The molecule has 0 saturated carbocycles. The molecular formula is C24H24BrClN6O4. The minimum absolute atomic E-state index is 0.0281. The van der Waals surface area contributed by atoms with Crippen LogP contribution in [0.1, 0.15) is 45.3 Å². The maximum Gasteiger partial charge on any atom is 0.357 e. The van der Waals surface area contributed by atoms with Gasteiger partial charge < -0.3 is 16.2 Å². The molecule has 1 aliphatic rings. The van der Waals surface area contributed by atoms with Crippen LogP contribution in [0.3, 0.4) is 0 Å². The largest absolute Gasteiger partial charge is 0.476 e. The molecule has 36 heavy (non-hydrogen) atoms. The molecule has 0 aliphatic carbocycles. The highest BCUT2D eigenvalue weighted by atomic mass is 79.9. The molecule has 1 aromatic carbocycles. The lowest BCUT2D eigenvalue weighted by Crippen LogP contribution is -2.41. The Bertz CT molecular complexity index is 1280. The van der Waals surface area contributed by atoms with Crippen molar-refractivity contribution >= 4 is 51.1 Å². The smallest absolute Gasteiger partial charge is 0.357 e. The molecule has 3 heterocycles. The minimum Gasteiger partial charge on any atom is -0.476 e. The maximum absolute atomic E-state index is 13.0. The number of pyridine rings is 1. The van der Waals surface area contributed by atoms with Gasteiger partial charge in [-0.2, -0.15) is 5.10 Å². The fraction of sp³-hybridized carbons (Fsp3) is 0.292. The number of nitrogens with two attached hydrogens (primary N) is 1. The summed E-state index contributed by atoms with van der Waals surface area (Å²) in [4.78, 5) is 43.8. The second-order valence-electron chi connectivity index (χ2n) is 8.51. The van der Waals surface area contributed by atoms with E-state index in [1.165, 1.54) is 10.7 Å². The van der Waals surface area contributed by atoms with Crippen LogP contribution in [-0.4, -0.2) is 55.6 Å². The Morgan fingerprint density at radius 1 is 1.17 bits per heavy atom. The van der Waals surface area contributed by atoms with E-state index in [0.717, 1.165) is 12.1 Å². The summed E-state index contributed by atoms with van der Waals surface area (Å²) in [6, 6.07) is 9.40. The highest BCUT2D eigenvalue weighted by Crippen LogP contribution is 2.36. The van der Waals surface area contributed by atoms with Crippen molar-refractivity contribution in [2.45, 2.75) is 25.4 Å². The average molecular weight is 576 g/mol. The Hall–Kier alpha value is -3.28. The number of carbonyl (C=O) groups excluding carboxylic acids is 2. The van der Waals surface area contributed by atoms with E-state index in [4.69, 9.17) is 17.3 Å². The van der Waals surface area contributed by atoms with Crippen LogP contribution in [0.2, 0.25) is 5.02 Å². The maximum atomic E-state index is 13.0. The molecule has 4 rings (SSSR count). The normalized spacial score (nSPS) is 15.4. The number of nitrogens with one attached hydrogen (secondary N) is 1. The first kappa shape index (κ1) is 25.8. The lowest BCUT2D eigenvalue weighted by molar-refractivity contribution is -0.123. The van der Waals surface area contributed by atoms with Crippen molar-refractivity contribution in [3.63, 3.8) is 0 Å². The summed E-state index contributed by atoms with van der Waals surface area (Å²) < 4.78 is 1.25. The molecule has 1 fully saturated rings. The monoisotopic (exact) mass is 574 g/mol. The number of carboxylic acid groups (broad SMARTS) is 1. The fourth-order valence-electron chi connectivity index (χ4n) is 4.41. The molecule has 2 amide bonds. The molecule has 12 heteroatoms. The minimum atomic E-state index is -1.32. The SMILES string of the molecule is NC(=O)C(C1CCN(Cc2ccncc2)CC1)n1nc(C(=O)O)c(Br)c1NC(=O)c1ccccc1Cl. The Kier molecular flexibility index (Phi) is 8.02. The first-order valence-corrected chi connectivity index (χ1v) is 12.4. The topological polar surface area (TPSA) is 143 Å². The number of halogens is 2. The summed E-state index contributed by atoms with van der Waals surface area (Å²) in [6.45, 7) is 2.19. The van der Waals surface area contributed by atoms with Gasteiger partial charge in [0.05, 0.1) is 15.1 Å². The lowest BCUT2D eigenvalue weighted by Gasteiger charge is -2.35. The van der Waals surface area contributed by atoms with Gasteiger partial charge in [0.1, 0.15) is 11.9 Å². The van der Waals surface area contributed by atoms with Gasteiger partial charge in [-0.05, 0) is 77.6 Å². The van der Waals surface area contributed by atoms with Gasteiger partial charge >= 0.3 is 5.97 Å². The molecular weight excluding hydrogens is 552 g/mol. The van der Waals surface area contributed by atoms with E-state index in [0.29, 0.717) is 25.9 Å². The molecule has 188 valence electrons. The molecule has 2 aromatic heterocycles. The zero-order valence-corrected chi connectivity index (χ0v) is 21.4. The number of primary amides is 1. The van der Waals surface area contributed by atoms with Gasteiger partial charge in [0, 0.05) is 18.9 Å². The first-order chi connectivity index (χ1) is 17.3. The zero-order chi connectivity index (χ0) is 25.8. The van der Waals surface area contributed by atoms with E-state index >= 15 is 0 Å². The quantitative estimate of drug-likeness (QED) is 0.372. The molecule has 0 radical (unpaired) electrons. The number of piperidine rings is 1. The molecule has 0 bridgehead atoms. The third kappa shape index (κ3) is 5.58. The van der Waals surface area contributed by atoms with Crippen molar-refractivity contribution < 1.29 is 19.5 Å². The first-order valence-electron chi connectivity index (χ1n) is 11.2. The van der Waals surface area contributed by atoms with Crippen LogP contribution < -0.4 is 11.1 Å². The standard InChI is InChI=1S/C24H24BrClN6O4/c25-18-19(24(35)36)30-32(22(18)29-23(34)16-3-1-2-4-17(16)26)20(21(27)33)15-7-11-31(12-8-15)13-14-5-9-28-10-6-14/h1-6,9-10,15,20H,7-8,11-13H2,(H2,27,33)(H,29,34)(H,35,36). The van der Waals surface area contributed by atoms with Crippen LogP contribution in [0.5, 0.6) is 0 Å². The number of aromatic nitrogens is 3. The van der Waals surface area contributed by atoms with Gasteiger partial charge in [0.2, 0.25) is 5.91 Å². The van der Waals surface area contributed by atoms with Crippen LogP contribution in [0.15, 0.2) is 53.3 Å². The number of hydrogen-bond donors (Lipinski definition) is 3. The van der Waals surface area contributed by atoms with Gasteiger partial charge in [-0.3, -0.25) is 19.5 Å². The van der Waals surface area contributed by atoms with Crippen molar-refractivity contribution in [1.29, 1.82) is 0 Å². The van der Waals surface area contributed by atoms with E-state index in [-0.39, 0.29) is 32.5 Å². The molecule has 1 atom stereocenters. The number of carboxylic acids is 1. The number of anilines is 1. The third-order valence-electron chi connectivity index (χ3n) is 6.19. The number of likely N-dealkylation sites (tertiary alicyclic amines) is 1. The zero-order valence-electron chi connectivity index (χ0n) is 19.1. The molecule has 1 saturated heterocycles. The highest BCUT2D eigenvalue weighted by molar-refractivity contribution is 9.10. The summed E-state index contributed by atoms with van der Waals surface area (Å²) in [5.41, 5.74) is 6.80. The summed E-state index contributed by atoms with van der Waals surface area (Å²) >= 11 is 9.39. The highest BCUT2D eigenvalue weighted by Gasteiger charge is 2.36. The molecule has 1 unspecified atom stereocenters. The Morgan fingerprint density at radius 2 is 1.83 bits per heavy atom. The lowest BCUT2D eigenvalue weighted by atomic mass is 9.88. The Balaban J connectivity index is 1.60. The second kappa shape index (κ2) is 11.2. The molecule has 1 aliphatic heterocycles. The van der Waals surface area contributed by atoms with Crippen LogP contribution in [-0.2, 0) is 11.3 Å². The van der Waals surface area contributed by atoms with Gasteiger partial charge in [0.15, 0.2) is 5.69 Å². The van der Waals surface area contributed by atoms with Crippen molar-refractivity contribution in [2.75, 3.05) is 18.4 Å². The van der Waals surface area contributed by atoms with E-state index in [2.05, 4.69) is 36.2 Å². The summed E-state index contributed by atoms with van der Waals surface area (Å²) in [5.74, 6) is -2.73. The summed E-state index contributed by atoms with van der Waals surface area (Å²) in [6.07, 6.45) is 4.77. The third-order valence-corrected chi connectivity index (χ3v) is 7.28. The van der Waals surface area contributed by atoms with Gasteiger partial charge in [0.25, 0.3) is 5.91 Å². The van der Waals surface area contributed by atoms with E-state index in [1.54, 1.807) is 30.6 Å². The van der Waals surface area contributed by atoms with E-state index in [9.17, 15) is 19.5 Å². The van der Waals surface area contributed by atoms with E-state index < -0.39 is 23.8 Å². The van der Waals surface area contributed by atoms with Crippen LogP contribution in [0.25, 0.3) is 0 Å². The second-order valence-corrected chi connectivity index (χ2v) is 9.71. The van der Waals surface area contributed by atoms with E-state index in [1.807, 2.05) is 12.1 Å². The van der Waals surface area contributed by atoms with Crippen molar-refractivity contribution in [3.8, 4) is 0 Å². The van der Waals surface area contributed by atoms with Crippen LogP contribution in [0, 0.1) is 5.92 Å². The number of aromatic carboxylic acids is 1. The van der Waals surface area contributed by atoms with Gasteiger partial charge in [-0.1, -0.05) is 23.7 Å². The predicted octanol–water partition coefficient (Wildman–Crippen LogP) is 3.58. The van der Waals surface area contributed by atoms with Crippen molar-refractivity contribution in [2.24, 2.45) is 11.7 Å². The van der Waals surface area contributed by atoms with Crippen LogP contribution >= 0.6 is 27.5 Å². The molecule has 10 nitrogen and oxygen atoms in total. The molecule has 0 spiro atoms. The number of rotatable bonds is 8.